The fraction of sp³-hybridized carbons (Fsp3) is 0. The standard InChI is InChI=1S/C75H45N5O2/c1-3-16-46(17-4-1)48-34-38-66-62(42-48)63-43-49(35-39-67(63)79(66)54-21-5-2-6-22-54)51-33-37-60-71(45-51)82-69-31-15-27-61(72(60)69)75-77-73(52-19-13-18-47(40-52)50-32-36-59-58-26-9-12-30-68(58)81-70(59)44-50)76-74(78-75)53-20-14-23-55(41-53)80-64-28-10-7-24-56(64)57-25-8-11-29-65(57)80/h1-45H. The van der Waals surface area contributed by atoms with Crippen molar-refractivity contribution in [2.45, 2.75) is 0 Å². The van der Waals surface area contributed by atoms with E-state index >= 15 is 0 Å². The molecular formula is C75H45N5O2. The van der Waals surface area contributed by atoms with Crippen LogP contribution < -0.4 is 0 Å². The predicted molar refractivity (Wildman–Crippen MR) is 336 cm³/mol. The molecule has 382 valence electrons. The van der Waals surface area contributed by atoms with Crippen molar-refractivity contribution in [1.29, 1.82) is 0 Å². The van der Waals surface area contributed by atoms with E-state index in [9.17, 15) is 0 Å². The minimum Gasteiger partial charge on any atom is -0.456 e. The number of rotatable bonds is 8. The first-order valence-corrected chi connectivity index (χ1v) is 27.6. The molecule has 0 N–H and O–H groups in total. The van der Waals surface area contributed by atoms with E-state index in [1.54, 1.807) is 0 Å². The van der Waals surface area contributed by atoms with Crippen molar-refractivity contribution < 1.29 is 8.83 Å². The van der Waals surface area contributed by atoms with Crippen LogP contribution >= 0.6 is 0 Å². The van der Waals surface area contributed by atoms with Crippen molar-refractivity contribution in [3.05, 3.63) is 273 Å². The molecule has 7 heteroatoms. The molecule has 0 amide bonds. The lowest BCUT2D eigenvalue weighted by Crippen LogP contribution is -2.01. The van der Waals surface area contributed by atoms with Gasteiger partial charge in [0.2, 0.25) is 0 Å². The molecule has 0 aliphatic carbocycles. The van der Waals surface area contributed by atoms with Gasteiger partial charge in [-0.25, -0.2) is 15.0 Å². The lowest BCUT2D eigenvalue weighted by atomic mass is 9.99. The average Bonchev–Trinajstić information content (AvgIpc) is 4.49. The molecule has 82 heavy (non-hydrogen) atoms. The summed E-state index contributed by atoms with van der Waals surface area (Å²) in [5, 5.41) is 8.88. The molecule has 0 atom stereocenters. The van der Waals surface area contributed by atoms with Crippen molar-refractivity contribution in [3.63, 3.8) is 0 Å². The highest BCUT2D eigenvalue weighted by atomic mass is 16.3. The fourth-order valence-corrected chi connectivity index (χ4v) is 12.5. The van der Waals surface area contributed by atoms with Gasteiger partial charge in [-0.2, -0.15) is 0 Å². The average molecular weight is 1050 g/mol. The Morgan fingerprint density at radius 2 is 0.671 bits per heavy atom. The molecule has 0 aliphatic heterocycles. The van der Waals surface area contributed by atoms with E-state index in [1.807, 2.05) is 30.3 Å². The number of hydrogen-bond acceptors (Lipinski definition) is 5. The molecular weight excluding hydrogens is 1000 g/mol. The number of hydrogen-bond donors (Lipinski definition) is 0. The van der Waals surface area contributed by atoms with E-state index in [2.05, 4.69) is 252 Å². The summed E-state index contributed by atoms with van der Waals surface area (Å²) in [6.07, 6.45) is 0. The Kier molecular flexibility index (Phi) is 10.2. The summed E-state index contributed by atoms with van der Waals surface area (Å²) >= 11 is 0. The molecule has 0 radical (unpaired) electrons. The molecule has 0 aliphatic rings. The Morgan fingerprint density at radius 3 is 1.39 bits per heavy atom. The van der Waals surface area contributed by atoms with Gasteiger partial charge in [-0.15, -0.1) is 0 Å². The van der Waals surface area contributed by atoms with E-state index in [0.29, 0.717) is 17.5 Å². The first kappa shape index (κ1) is 45.8. The van der Waals surface area contributed by atoms with Gasteiger partial charge in [0.05, 0.1) is 22.1 Å². The van der Waals surface area contributed by atoms with Gasteiger partial charge in [0.1, 0.15) is 22.3 Å². The summed E-state index contributed by atoms with van der Waals surface area (Å²) in [5.41, 5.74) is 19.1. The second-order valence-corrected chi connectivity index (χ2v) is 21.1. The van der Waals surface area contributed by atoms with Gasteiger partial charge >= 0.3 is 0 Å². The van der Waals surface area contributed by atoms with Gasteiger partial charge in [-0.05, 0) is 137 Å². The van der Waals surface area contributed by atoms with Crippen LogP contribution in [0.4, 0.5) is 0 Å². The number of para-hydroxylation sites is 4. The largest absolute Gasteiger partial charge is 0.456 e. The van der Waals surface area contributed by atoms with E-state index in [1.165, 1.54) is 32.7 Å². The molecule has 0 spiro atoms. The Morgan fingerprint density at radius 1 is 0.232 bits per heavy atom. The maximum absolute atomic E-state index is 6.85. The Balaban J connectivity index is 0.814. The maximum Gasteiger partial charge on any atom is 0.164 e. The lowest BCUT2D eigenvalue weighted by Gasteiger charge is -2.12. The first-order valence-electron chi connectivity index (χ1n) is 27.6. The number of furan rings is 2. The van der Waals surface area contributed by atoms with Gasteiger partial charge in [-0.3, -0.25) is 0 Å². The molecule has 0 bridgehead atoms. The summed E-state index contributed by atoms with van der Waals surface area (Å²) in [6, 6.07) is 96.3. The zero-order valence-electron chi connectivity index (χ0n) is 44.0. The van der Waals surface area contributed by atoms with Crippen LogP contribution in [0.15, 0.2) is 282 Å². The predicted octanol–water partition coefficient (Wildman–Crippen LogP) is 19.9. The van der Waals surface area contributed by atoms with Gasteiger partial charge in [0.25, 0.3) is 0 Å². The highest BCUT2D eigenvalue weighted by Crippen LogP contribution is 2.42. The molecule has 0 saturated heterocycles. The van der Waals surface area contributed by atoms with Gasteiger partial charge in [-0.1, -0.05) is 170 Å². The third kappa shape index (κ3) is 7.34. The smallest absolute Gasteiger partial charge is 0.164 e. The van der Waals surface area contributed by atoms with Crippen LogP contribution in [0.1, 0.15) is 0 Å². The number of fused-ring (bicyclic) bond motifs is 12. The second kappa shape index (κ2) is 18.2. The van der Waals surface area contributed by atoms with Crippen molar-refractivity contribution in [3.8, 4) is 78.9 Å². The number of benzene rings is 12. The van der Waals surface area contributed by atoms with E-state index in [-0.39, 0.29) is 0 Å². The van der Waals surface area contributed by atoms with Crippen molar-refractivity contribution in [2.75, 3.05) is 0 Å². The molecule has 7 nitrogen and oxygen atoms in total. The quantitative estimate of drug-likeness (QED) is 0.152. The topological polar surface area (TPSA) is 74.8 Å². The van der Waals surface area contributed by atoms with Crippen LogP contribution in [0, 0.1) is 0 Å². The molecule has 17 aromatic rings. The van der Waals surface area contributed by atoms with Crippen LogP contribution in [0.25, 0.3) is 166 Å². The zero-order valence-corrected chi connectivity index (χ0v) is 44.0. The third-order valence-electron chi connectivity index (χ3n) is 16.4. The van der Waals surface area contributed by atoms with Crippen LogP contribution in [0.5, 0.6) is 0 Å². The van der Waals surface area contributed by atoms with E-state index < -0.39 is 0 Å². The maximum atomic E-state index is 6.85. The van der Waals surface area contributed by atoms with Gasteiger partial charge in [0.15, 0.2) is 17.5 Å². The summed E-state index contributed by atoms with van der Waals surface area (Å²) in [5.74, 6) is 1.66. The summed E-state index contributed by atoms with van der Waals surface area (Å²) in [4.78, 5) is 16.1. The minimum atomic E-state index is 0.545. The first-order chi connectivity index (χ1) is 40.6. The van der Waals surface area contributed by atoms with Gasteiger partial charge in [0, 0.05) is 71.2 Å². The van der Waals surface area contributed by atoms with Crippen molar-refractivity contribution >= 4 is 87.5 Å². The zero-order chi connectivity index (χ0) is 53.8. The molecule has 0 saturated carbocycles. The Labute approximate surface area is 469 Å². The molecule has 0 unspecified atom stereocenters. The Bertz CT molecular complexity index is 5360. The second-order valence-electron chi connectivity index (χ2n) is 21.1. The van der Waals surface area contributed by atoms with Crippen LogP contribution in [-0.4, -0.2) is 24.1 Å². The third-order valence-corrected chi connectivity index (χ3v) is 16.4. The summed E-state index contributed by atoms with van der Waals surface area (Å²) in [6.45, 7) is 0. The molecule has 0 fully saturated rings. The van der Waals surface area contributed by atoms with E-state index in [4.69, 9.17) is 23.8 Å². The lowest BCUT2D eigenvalue weighted by molar-refractivity contribution is 0.668. The summed E-state index contributed by atoms with van der Waals surface area (Å²) in [7, 11) is 0. The van der Waals surface area contributed by atoms with Crippen LogP contribution in [0.3, 0.4) is 0 Å². The van der Waals surface area contributed by atoms with Crippen LogP contribution in [-0.2, 0) is 0 Å². The molecule has 17 rings (SSSR count). The van der Waals surface area contributed by atoms with Crippen molar-refractivity contribution in [2.24, 2.45) is 0 Å². The normalized spacial score (nSPS) is 11.9. The minimum absolute atomic E-state index is 0.545. The van der Waals surface area contributed by atoms with Gasteiger partial charge < -0.3 is 18.0 Å². The number of nitrogens with zero attached hydrogens (tertiary/aromatic N) is 5. The fourth-order valence-electron chi connectivity index (χ4n) is 12.5. The van der Waals surface area contributed by atoms with Crippen molar-refractivity contribution in [1.82, 2.24) is 24.1 Å². The van der Waals surface area contributed by atoms with Crippen LogP contribution in [0.2, 0.25) is 0 Å². The highest BCUT2D eigenvalue weighted by Gasteiger charge is 2.22. The highest BCUT2D eigenvalue weighted by molar-refractivity contribution is 6.15. The van der Waals surface area contributed by atoms with E-state index in [0.717, 1.165) is 116 Å². The molecule has 12 aromatic carbocycles. The molecule has 5 heterocycles. The molecule has 5 aromatic heterocycles. The summed E-state index contributed by atoms with van der Waals surface area (Å²) < 4.78 is 17.9. The monoisotopic (exact) mass is 1050 g/mol. The number of aromatic nitrogens is 5. The Hall–Kier alpha value is -11.2. The SMILES string of the molecule is c1ccc(-c2ccc3c(c2)c2cc(-c4ccc5c(c4)oc4cccc(-c6nc(-c7cccc(-c8ccc9c(c8)oc8ccccc89)c7)nc(-c7cccc(-n8c9ccccc9c9ccccc98)c7)n6)c45)ccc2n3-c2ccccc2)cc1.